The van der Waals surface area contributed by atoms with Gasteiger partial charge in [0.1, 0.15) is 6.54 Å². The summed E-state index contributed by atoms with van der Waals surface area (Å²) in [7, 11) is 0. The Morgan fingerprint density at radius 3 is 2.79 bits per heavy atom. The lowest BCUT2D eigenvalue weighted by atomic mass is 10.00. The van der Waals surface area contributed by atoms with Crippen LogP contribution in [0.4, 0.5) is 5.69 Å². The van der Waals surface area contributed by atoms with Crippen molar-refractivity contribution in [2.24, 2.45) is 10.7 Å². The molecule has 0 fully saturated rings. The molecule has 0 bridgehead atoms. The van der Waals surface area contributed by atoms with Crippen molar-refractivity contribution in [2.45, 2.75) is 19.9 Å². The predicted molar refractivity (Wildman–Crippen MR) is 96.9 cm³/mol. The average molecular weight is 322 g/mol. The smallest absolute Gasteiger partial charge is 0.244 e. The first kappa shape index (κ1) is 16.1. The summed E-state index contributed by atoms with van der Waals surface area (Å²) in [6.45, 7) is 3.45. The van der Waals surface area contributed by atoms with Crippen molar-refractivity contribution in [1.82, 2.24) is 4.90 Å². The topological polar surface area (TPSA) is 70.7 Å². The van der Waals surface area contributed by atoms with E-state index in [-0.39, 0.29) is 18.4 Å². The first-order valence-electron chi connectivity index (χ1n) is 8.10. The van der Waals surface area contributed by atoms with Crippen LogP contribution in [0.2, 0.25) is 0 Å². The summed E-state index contributed by atoms with van der Waals surface area (Å²) < 4.78 is 0. The molecule has 0 spiro atoms. The summed E-state index contributed by atoms with van der Waals surface area (Å²) in [5, 5.41) is 3.01. The fourth-order valence-corrected chi connectivity index (χ4v) is 2.87. The number of carbonyl (C=O) groups is 1. The minimum atomic E-state index is -0.00139. The molecule has 5 heteroatoms. The Hall–Kier alpha value is -2.82. The fourth-order valence-electron chi connectivity index (χ4n) is 2.87. The number of rotatable bonds is 3. The van der Waals surface area contributed by atoms with Gasteiger partial charge in [-0.3, -0.25) is 4.79 Å². The molecule has 3 rings (SSSR count). The molecule has 0 atom stereocenters. The molecule has 5 nitrogen and oxygen atoms in total. The highest BCUT2D eigenvalue weighted by Gasteiger charge is 2.19. The number of aliphatic imine (C=N–C) groups is 1. The minimum absolute atomic E-state index is 0.00139. The van der Waals surface area contributed by atoms with Gasteiger partial charge >= 0.3 is 0 Å². The molecule has 2 aromatic carbocycles. The van der Waals surface area contributed by atoms with Crippen LogP contribution in [0.25, 0.3) is 0 Å². The zero-order chi connectivity index (χ0) is 16.9. The van der Waals surface area contributed by atoms with Crippen molar-refractivity contribution in [3.8, 4) is 0 Å². The third-order valence-corrected chi connectivity index (χ3v) is 4.16. The van der Waals surface area contributed by atoms with Crippen molar-refractivity contribution in [3.63, 3.8) is 0 Å². The van der Waals surface area contributed by atoms with Crippen LogP contribution in [0.5, 0.6) is 0 Å². The molecule has 0 aliphatic carbocycles. The van der Waals surface area contributed by atoms with Gasteiger partial charge in [-0.25, -0.2) is 4.99 Å². The molecular weight excluding hydrogens is 300 g/mol. The van der Waals surface area contributed by atoms with Crippen LogP contribution in [0, 0.1) is 6.92 Å². The number of anilines is 1. The van der Waals surface area contributed by atoms with E-state index >= 15 is 0 Å². The highest BCUT2D eigenvalue weighted by atomic mass is 16.2. The average Bonchev–Trinajstić information content (AvgIpc) is 2.59. The van der Waals surface area contributed by atoms with E-state index in [1.807, 2.05) is 48.2 Å². The van der Waals surface area contributed by atoms with Crippen LogP contribution < -0.4 is 11.1 Å². The Kier molecular flexibility index (Phi) is 4.79. The number of benzene rings is 2. The second-order valence-electron chi connectivity index (χ2n) is 6.03. The number of carbonyl (C=O) groups excluding carboxylic acids is 1. The number of hydrogen-bond acceptors (Lipinski definition) is 2. The fraction of sp³-hybridized carbons (Fsp3) is 0.263. The Morgan fingerprint density at radius 1 is 1.21 bits per heavy atom. The number of amides is 1. The molecular formula is C19H22N4O. The van der Waals surface area contributed by atoms with E-state index in [1.54, 1.807) is 0 Å². The van der Waals surface area contributed by atoms with Gasteiger partial charge in [0.2, 0.25) is 5.91 Å². The lowest BCUT2D eigenvalue weighted by Gasteiger charge is -2.28. The van der Waals surface area contributed by atoms with E-state index < -0.39 is 0 Å². The van der Waals surface area contributed by atoms with Gasteiger partial charge in [0, 0.05) is 18.8 Å². The summed E-state index contributed by atoms with van der Waals surface area (Å²) in [4.78, 5) is 18.4. The van der Waals surface area contributed by atoms with Crippen molar-refractivity contribution in [3.05, 3.63) is 65.2 Å². The van der Waals surface area contributed by atoms with Crippen molar-refractivity contribution in [2.75, 3.05) is 18.4 Å². The molecule has 1 aliphatic rings. The Bertz CT molecular complexity index is 769. The van der Waals surface area contributed by atoms with E-state index in [0.29, 0.717) is 6.54 Å². The van der Waals surface area contributed by atoms with Crippen molar-refractivity contribution < 1.29 is 4.79 Å². The molecule has 0 aromatic heterocycles. The quantitative estimate of drug-likeness (QED) is 0.673. The van der Waals surface area contributed by atoms with Crippen molar-refractivity contribution >= 4 is 17.6 Å². The van der Waals surface area contributed by atoms with Gasteiger partial charge < -0.3 is 16.0 Å². The zero-order valence-corrected chi connectivity index (χ0v) is 13.8. The van der Waals surface area contributed by atoms with Gasteiger partial charge in [-0.1, -0.05) is 36.4 Å². The maximum atomic E-state index is 12.4. The number of nitrogens with two attached hydrogens (primary N) is 1. The number of aryl methyl sites for hydroxylation is 1. The predicted octanol–water partition coefficient (Wildman–Crippen LogP) is 2.31. The van der Waals surface area contributed by atoms with Crippen LogP contribution in [-0.4, -0.2) is 29.9 Å². The first-order valence-corrected chi connectivity index (χ1v) is 8.10. The van der Waals surface area contributed by atoms with E-state index in [2.05, 4.69) is 22.4 Å². The normalized spacial score (nSPS) is 14.2. The standard InChI is InChI=1S/C19H22N4O/c1-14-5-4-8-17(11-14)22-19(20)21-12-18(24)23-10-9-15-6-2-3-7-16(15)13-23/h2-8,11H,9-10,12-13H2,1H3,(H3,20,21,22). The number of fused-ring (bicyclic) bond motifs is 1. The second-order valence-corrected chi connectivity index (χ2v) is 6.03. The highest BCUT2D eigenvalue weighted by Crippen LogP contribution is 2.18. The summed E-state index contributed by atoms with van der Waals surface area (Å²) in [5.41, 5.74) is 10.4. The van der Waals surface area contributed by atoms with Gasteiger partial charge in [0.05, 0.1) is 0 Å². The van der Waals surface area contributed by atoms with Gasteiger partial charge in [-0.15, -0.1) is 0 Å². The summed E-state index contributed by atoms with van der Waals surface area (Å²) in [6.07, 6.45) is 0.892. The molecule has 0 unspecified atom stereocenters. The molecule has 0 saturated heterocycles. The maximum absolute atomic E-state index is 12.4. The van der Waals surface area contributed by atoms with Crippen molar-refractivity contribution in [1.29, 1.82) is 0 Å². The Balaban J connectivity index is 1.57. The molecule has 1 aliphatic heterocycles. The molecule has 1 amide bonds. The van der Waals surface area contributed by atoms with E-state index in [1.165, 1.54) is 11.1 Å². The third-order valence-electron chi connectivity index (χ3n) is 4.16. The molecule has 0 radical (unpaired) electrons. The van der Waals surface area contributed by atoms with Gasteiger partial charge in [0.15, 0.2) is 5.96 Å². The van der Waals surface area contributed by atoms with Crippen LogP contribution in [-0.2, 0) is 17.8 Å². The van der Waals surface area contributed by atoms with Crippen LogP contribution in [0.1, 0.15) is 16.7 Å². The summed E-state index contributed by atoms with van der Waals surface area (Å²) >= 11 is 0. The molecule has 3 N–H and O–H groups in total. The minimum Gasteiger partial charge on any atom is -0.370 e. The lowest BCUT2D eigenvalue weighted by Crippen LogP contribution is -2.38. The van der Waals surface area contributed by atoms with Crippen LogP contribution in [0.15, 0.2) is 53.5 Å². The number of nitrogens with one attached hydrogen (secondary N) is 1. The highest BCUT2D eigenvalue weighted by molar-refractivity contribution is 5.93. The SMILES string of the molecule is Cc1cccc(NC(N)=NCC(=O)N2CCc3ccccc3C2)c1. The maximum Gasteiger partial charge on any atom is 0.244 e. The molecule has 2 aromatic rings. The van der Waals surface area contributed by atoms with Crippen LogP contribution in [0.3, 0.4) is 0 Å². The van der Waals surface area contributed by atoms with E-state index in [9.17, 15) is 4.79 Å². The number of guanidine groups is 1. The van der Waals surface area contributed by atoms with Gasteiger partial charge in [-0.2, -0.15) is 0 Å². The largest absolute Gasteiger partial charge is 0.370 e. The molecule has 124 valence electrons. The molecule has 1 heterocycles. The molecule has 24 heavy (non-hydrogen) atoms. The van der Waals surface area contributed by atoms with Crippen LogP contribution >= 0.6 is 0 Å². The Morgan fingerprint density at radius 2 is 2.00 bits per heavy atom. The summed E-state index contributed by atoms with van der Waals surface area (Å²) in [6, 6.07) is 16.1. The monoisotopic (exact) mass is 322 g/mol. The lowest BCUT2D eigenvalue weighted by molar-refractivity contribution is -0.130. The molecule has 0 saturated carbocycles. The zero-order valence-electron chi connectivity index (χ0n) is 13.8. The number of nitrogens with zero attached hydrogens (tertiary/aromatic N) is 2. The first-order chi connectivity index (χ1) is 11.6. The second kappa shape index (κ2) is 7.17. The van der Waals surface area contributed by atoms with Gasteiger partial charge in [-0.05, 0) is 42.2 Å². The van der Waals surface area contributed by atoms with E-state index in [4.69, 9.17) is 5.73 Å². The third kappa shape index (κ3) is 3.93. The summed E-state index contributed by atoms with van der Waals surface area (Å²) in [5.74, 6) is 0.254. The number of hydrogen-bond donors (Lipinski definition) is 2. The van der Waals surface area contributed by atoms with E-state index in [0.717, 1.165) is 24.2 Å². The Labute approximate surface area is 142 Å². The van der Waals surface area contributed by atoms with Gasteiger partial charge in [0.25, 0.3) is 0 Å².